The molecular formula is C11H8BrF2NO3. The summed E-state index contributed by atoms with van der Waals surface area (Å²) in [6, 6.07) is 2.06. The Labute approximate surface area is 109 Å². The molecule has 0 aromatic heterocycles. The molecule has 0 spiro atoms. The second kappa shape index (κ2) is 4.64. The predicted octanol–water partition coefficient (Wildman–Crippen LogP) is 2.16. The SMILES string of the molecule is O=C(O)C1CC(=O)N(c2c(F)cc(Br)cc2F)C1. The number of carbonyl (C=O) groups is 2. The molecule has 0 radical (unpaired) electrons. The molecule has 1 saturated heterocycles. The van der Waals surface area contributed by atoms with E-state index in [0.29, 0.717) is 0 Å². The van der Waals surface area contributed by atoms with Gasteiger partial charge in [-0.05, 0) is 12.1 Å². The van der Waals surface area contributed by atoms with Crippen molar-refractivity contribution in [2.45, 2.75) is 6.42 Å². The van der Waals surface area contributed by atoms with Gasteiger partial charge in [-0.2, -0.15) is 0 Å². The van der Waals surface area contributed by atoms with Crippen LogP contribution in [0, 0.1) is 17.6 Å². The zero-order valence-corrected chi connectivity index (χ0v) is 10.6. The molecule has 7 heteroatoms. The first-order valence-corrected chi connectivity index (χ1v) is 5.87. The van der Waals surface area contributed by atoms with E-state index >= 15 is 0 Å². The van der Waals surface area contributed by atoms with Gasteiger partial charge in [-0.3, -0.25) is 9.59 Å². The van der Waals surface area contributed by atoms with E-state index in [0.717, 1.165) is 17.0 Å². The van der Waals surface area contributed by atoms with Gasteiger partial charge in [0.25, 0.3) is 0 Å². The van der Waals surface area contributed by atoms with Gasteiger partial charge >= 0.3 is 5.97 Å². The molecule has 96 valence electrons. The van der Waals surface area contributed by atoms with E-state index in [9.17, 15) is 18.4 Å². The molecule has 1 unspecified atom stereocenters. The molecule has 1 fully saturated rings. The lowest BCUT2D eigenvalue weighted by Gasteiger charge is -2.17. The number of carbonyl (C=O) groups excluding carboxylic acids is 1. The van der Waals surface area contributed by atoms with Gasteiger partial charge in [0.2, 0.25) is 5.91 Å². The maximum Gasteiger partial charge on any atom is 0.308 e. The Hall–Kier alpha value is -1.50. The molecule has 1 aromatic carbocycles. The van der Waals surface area contributed by atoms with Gasteiger partial charge in [0.1, 0.15) is 5.69 Å². The number of carboxylic acid groups (broad SMARTS) is 1. The summed E-state index contributed by atoms with van der Waals surface area (Å²) >= 11 is 2.93. The number of amides is 1. The Morgan fingerprint density at radius 1 is 1.39 bits per heavy atom. The van der Waals surface area contributed by atoms with Crippen LogP contribution in [0.1, 0.15) is 6.42 Å². The van der Waals surface area contributed by atoms with Crippen molar-refractivity contribution in [3.8, 4) is 0 Å². The highest BCUT2D eigenvalue weighted by atomic mass is 79.9. The smallest absolute Gasteiger partial charge is 0.308 e. The minimum absolute atomic E-state index is 0.211. The van der Waals surface area contributed by atoms with Gasteiger partial charge in [0.05, 0.1) is 5.92 Å². The van der Waals surface area contributed by atoms with Crippen molar-refractivity contribution in [3.05, 3.63) is 28.2 Å². The Bertz CT molecular complexity index is 512. The van der Waals surface area contributed by atoms with Crippen molar-refractivity contribution in [3.63, 3.8) is 0 Å². The highest BCUT2D eigenvalue weighted by Gasteiger charge is 2.37. The number of hydrogen-bond acceptors (Lipinski definition) is 2. The molecule has 0 bridgehead atoms. The van der Waals surface area contributed by atoms with E-state index in [1.54, 1.807) is 0 Å². The van der Waals surface area contributed by atoms with Gasteiger partial charge in [-0.1, -0.05) is 15.9 Å². The van der Waals surface area contributed by atoms with Crippen LogP contribution < -0.4 is 4.90 Å². The first-order valence-electron chi connectivity index (χ1n) is 5.08. The van der Waals surface area contributed by atoms with E-state index in [2.05, 4.69) is 15.9 Å². The summed E-state index contributed by atoms with van der Waals surface area (Å²) in [6.07, 6.45) is -0.246. The number of halogens is 3. The van der Waals surface area contributed by atoms with Crippen molar-refractivity contribution in [1.29, 1.82) is 0 Å². The summed E-state index contributed by atoms with van der Waals surface area (Å²) in [5.41, 5.74) is -0.494. The van der Waals surface area contributed by atoms with Gasteiger partial charge < -0.3 is 10.0 Å². The molecule has 18 heavy (non-hydrogen) atoms. The number of anilines is 1. The Morgan fingerprint density at radius 2 is 1.94 bits per heavy atom. The molecule has 1 N–H and O–H groups in total. The van der Waals surface area contributed by atoms with Crippen molar-refractivity contribution in [1.82, 2.24) is 0 Å². The van der Waals surface area contributed by atoms with Gasteiger partial charge in [0, 0.05) is 17.4 Å². The zero-order chi connectivity index (χ0) is 13.4. The summed E-state index contributed by atoms with van der Waals surface area (Å²) < 4.78 is 27.5. The van der Waals surface area contributed by atoms with Crippen LogP contribution in [-0.2, 0) is 9.59 Å². The Morgan fingerprint density at radius 3 is 2.39 bits per heavy atom. The summed E-state index contributed by atoms with van der Waals surface area (Å²) in [7, 11) is 0. The van der Waals surface area contributed by atoms with Crippen LogP contribution >= 0.6 is 15.9 Å². The number of aliphatic carboxylic acids is 1. The summed E-state index contributed by atoms with van der Waals surface area (Å²) in [5, 5.41) is 8.80. The third-order valence-electron chi connectivity index (χ3n) is 2.73. The normalized spacial score (nSPS) is 19.4. The van der Waals surface area contributed by atoms with E-state index in [4.69, 9.17) is 5.11 Å². The summed E-state index contributed by atoms with van der Waals surface area (Å²) in [5.74, 6) is -4.48. The highest BCUT2D eigenvalue weighted by molar-refractivity contribution is 9.10. The van der Waals surface area contributed by atoms with Gasteiger partial charge in [0.15, 0.2) is 11.6 Å². The predicted molar refractivity (Wildman–Crippen MR) is 62.2 cm³/mol. The van der Waals surface area contributed by atoms with Crippen LogP contribution in [0.25, 0.3) is 0 Å². The first-order chi connectivity index (χ1) is 8.40. The van der Waals surface area contributed by atoms with E-state index in [1.165, 1.54) is 0 Å². The quantitative estimate of drug-likeness (QED) is 0.908. The fourth-order valence-corrected chi connectivity index (χ4v) is 2.28. The van der Waals surface area contributed by atoms with Crippen molar-refractivity contribution in [2.75, 3.05) is 11.4 Å². The lowest BCUT2D eigenvalue weighted by Crippen LogP contribution is -2.27. The maximum atomic E-state index is 13.7. The van der Waals surface area contributed by atoms with Crippen LogP contribution in [0.5, 0.6) is 0 Å². The van der Waals surface area contributed by atoms with E-state index in [1.807, 2.05) is 0 Å². The third-order valence-corrected chi connectivity index (χ3v) is 3.18. The zero-order valence-electron chi connectivity index (χ0n) is 8.99. The topological polar surface area (TPSA) is 57.6 Å². The molecule has 0 aliphatic carbocycles. The first kappa shape index (κ1) is 12.9. The fraction of sp³-hybridized carbons (Fsp3) is 0.273. The lowest BCUT2D eigenvalue weighted by molar-refractivity contribution is -0.141. The minimum Gasteiger partial charge on any atom is -0.481 e. The summed E-state index contributed by atoms with van der Waals surface area (Å²) in [4.78, 5) is 23.2. The highest BCUT2D eigenvalue weighted by Crippen LogP contribution is 2.32. The molecule has 1 aliphatic rings. The second-order valence-electron chi connectivity index (χ2n) is 3.96. The van der Waals surface area contributed by atoms with E-state index < -0.39 is 35.1 Å². The van der Waals surface area contributed by atoms with Crippen LogP contribution in [-0.4, -0.2) is 23.5 Å². The number of benzene rings is 1. The largest absolute Gasteiger partial charge is 0.481 e. The Kier molecular flexibility index (Phi) is 3.34. The van der Waals surface area contributed by atoms with Crippen LogP contribution in [0.2, 0.25) is 0 Å². The minimum atomic E-state index is -1.15. The molecule has 1 heterocycles. The monoisotopic (exact) mass is 319 g/mol. The average Bonchev–Trinajstić information content (AvgIpc) is 2.59. The second-order valence-corrected chi connectivity index (χ2v) is 4.88. The number of rotatable bonds is 2. The van der Waals surface area contributed by atoms with Crippen molar-refractivity contribution in [2.24, 2.45) is 5.92 Å². The van der Waals surface area contributed by atoms with Gasteiger partial charge in [-0.15, -0.1) is 0 Å². The maximum absolute atomic E-state index is 13.7. The number of carboxylic acids is 1. The van der Waals surface area contributed by atoms with Crippen molar-refractivity contribution >= 4 is 33.5 Å². The summed E-state index contributed by atoms with van der Waals surface area (Å²) in [6.45, 7) is -0.219. The van der Waals surface area contributed by atoms with Crippen molar-refractivity contribution < 1.29 is 23.5 Å². The Balaban J connectivity index is 2.39. The molecular weight excluding hydrogens is 312 g/mol. The molecule has 4 nitrogen and oxygen atoms in total. The molecule has 2 rings (SSSR count). The van der Waals surface area contributed by atoms with Crippen LogP contribution in [0.15, 0.2) is 16.6 Å². The lowest BCUT2D eigenvalue weighted by atomic mass is 10.1. The van der Waals surface area contributed by atoms with Crippen LogP contribution in [0.3, 0.4) is 0 Å². The standard InChI is InChI=1S/C11H8BrF2NO3/c12-6-2-7(13)10(8(14)3-6)15-4-5(11(17)18)1-9(15)16/h2-3,5H,1,4H2,(H,17,18). The number of hydrogen-bond donors (Lipinski definition) is 1. The fourth-order valence-electron chi connectivity index (χ4n) is 1.88. The molecule has 1 aromatic rings. The van der Waals surface area contributed by atoms with Crippen LogP contribution in [0.4, 0.5) is 14.5 Å². The molecule has 1 amide bonds. The molecule has 0 saturated carbocycles. The number of nitrogens with zero attached hydrogens (tertiary/aromatic N) is 1. The van der Waals surface area contributed by atoms with Gasteiger partial charge in [-0.25, -0.2) is 8.78 Å². The van der Waals surface area contributed by atoms with E-state index in [-0.39, 0.29) is 17.4 Å². The average molecular weight is 320 g/mol. The third kappa shape index (κ3) is 2.22. The molecule has 1 aliphatic heterocycles. The molecule has 1 atom stereocenters.